The maximum absolute atomic E-state index is 12.6. The van der Waals surface area contributed by atoms with Gasteiger partial charge in [-0.05, 0) is 49.1 Å². The molecule has 1 aliphatic carbocycles. The van der Waals surface area contributed by atoms with E-state index in [1.165, 1.54) is 17.7 Å². The smallest absolute Gasteiger partial charge is 0.376 e. The number of hydrogen-bond acceptors (Lipinski definition) is 4. The molecule has 1 atom stereocenters. The van der Waals surface area contributed by atoms with Crippen LogP contribution < -0.4 is 4.18 Å². The number of alkyl halides is 3. The van der Waals surface area contributed by atoms with Gasteiger partial charge in [-0.3, -0.25) is 4.90 Å². The van der Waals surface area contributed by atoms with Gasteiger partial charge in [-0.1, -0.05) is 42.5 Å². The fourth-order valence-corrected chi connectivity index (χ4v) is 3.86. The maximum Gasteiger partial charge on any atom is 0.534 e. The van der Waals surface area contributed by atoms with E-state index in [0.29, 0.717) is 24.8 Å². The van der Waals surface area contributed by atoms with Gasteiger partial charge in [-0.25, -0.2) is 0 Å². The van der Waals surface area contributed by atoms with Crippen LogP contribution in [0.3, 0.4) is 0 Å². The number of rotatable bonds is 5. The first-order valence-corrected chi connectivity index (χ1v) is 9.94. The van der Waals surface area contributed by atoms with E-state index in [1.807, 2.05) is 43.4 Å². The van der Waals surface area contributed by atoms with Crippen LogP contribution in [-0.2, 0) is 29.5 Å². The third-order valence-electron chi connectivity index (χ3n) is 4.79. The van der Waals surface area contributed by atoms with Gasteiger partial charge in [-0.2, -0.15) is 21.6 Å². The summed E-state index contributed by atoms with van der Waals surface area (Å²) in [4.78, 5) is 2.21. The normalized spacial score (nSPS) is 17.6. The van der Waals surface area contributed by atoms with Crippen molar-refractivity contribution in [2.75, 3.05) is 7.05 Å². The molecule has 146 valence electrons. The van der Waals surface area contributed by atoms with Crippen molar-refractivity contribution in [2.24, 2.45) is 0 Å². The second-order valence-corrected chi connectivity index (χ2v) is 8.21. The van der Waals surface area contributed by atoms with Gasteiger partial charge < -0.3 is 4.18 Å². The summed E-state index contributed by atoms with van der Waals surface area (Å²) in [7, 11) is -3.65. The highest BCUT2D eigenvalue weighted by Gasteiger charge is 2.49. The van der Waals surface area contributed by atoms with Crippen LogP contribution >= 0.6 is 0 Å². The molecule has 2 aromatic carbocycles. The molecule has 0 fully saturated rings. The third kappa shape index (κ3) is 4.44. The third-order valence-corrected chi connectivity index (χ3v) is 5.76. The SMILES string of the molecule is CN(Cc1ccccc1)C1CCc2c(cccc2OS(=O)(=O)C(F)(F)F)C1. The summed E-state index contributed by atoms with van der Waals surface area (Å²) < 4.78 is 64.9. The fraction of sp³-hybridized carbons (Fsp3) is 0.368. The Morgan fingerprint density at radius 1 is 1.11 bits per heavy atom. The molecule has 4 nitrogen and oxygen atoms in total. The van der Waals surface area contributed by atoms with Gasteiger partial charge >= 0.3 is 15.6 Å². The Balaban J connectivity index is 1.76. The molecule has 8 heteroatoms. The second kappa shape index (κ2) is 7.52. The molecule has 0 bridgehead atoms. The van der Waals surface area contributed by atoms with Crippen LogP contribution in [0, 0.1) is 0 Å². The van der Waals surface area contributed by atoms with Gasteiger partial charge in [0.25, 0.3) is 0 Å². The molecule has 3 rings (SSSR count). The topological polar surface area (TPSA) is 46.6 Å². The van der Waals surface area contributed by atoms with Crippen molar-refractivity contribution in [1.82, 2.24) is 4.90 Å². The van der Waals surface area contributed by atoms with Crippen LogP contribution in [-0.4, -0.2) is 31.9 Å². The summed E-state index contributed by atoms with van der Waals surface area (Å²) in [5.41, 5.74) is -2.90. The van der Waals surface area contributed by atoms with Gasteiger partial charge in [0.1, 0.15) is 5.75 Å². The summed E-state index contributed by atoms with van der Waals surface area (Å²) in [6.45, 7) is 0.763. The van der Waals surface area contributed by atoms with Crippen LogP contribution in [0.4, 0.5) is 13.2 Å². The summed E-state index contributed by atoms with van der Waals surface area (Å²) in [5.74, 6) is -0.228. The molecular formula is C19H20F3NO3S. The Bertz CT molecular complexity index is 898. The van der Waals surface area contributed by atoms with E-state index in [4.69, 9.17) is 0 Å². The zero-order valence-corrected chi connectivity index (χ0v) is 15.6. The van der Waals surface area contributed by atoms with E-state index in [0.717, 1.165) is 12.1 Å². The Morgan fingerprint density at radius 2 is 1.81 bits per heavy atom. The molecule has 0 aliphatic heterocycles. The highest BCUT2D eigenvalue weighted by atomic mass is 32.2. The highest BCUT2D eigenvalue weighted by molar-refractivity contribution is 7.88. The summed E-state index contributed by atoms with van der Waals surface area (Å²) in [6.07, 6.45) is 1.80. The molecule has 1 aliphatic rings. The average Bonchev–Trinajstić information content (AvgIpc) is 2.61. The van der Waals surface area contributed by atoms with Gasteiger partial charge in [-0.15, -0.1) is 0 Å². The van der Waals surface area contributed by atoms with Gasteiger partial charge in [0.05, 0.1) is 0 Å². The first-order chi connectivity index (χ1) is 12.7. The predicted octanol–water partition coefficient (Wildman–Crippen LogP) is 3.90. The predicted molar refractivity (Wildman–Crippen MR) is 95.8 cm³/mol. The zero-order chi connectivity index (χ0) is 19.7. The molecule has 0 heterocycles. The number of fused-ring (bicyclic) bond motifs is 1. The first-order valence-electron chi connectivity index (χ1n) is 8.53. The second-order valence-electron chi connectivity index (χ2n) is 6.67. The molecule has 1 unspecified atom stereocenters. The lowest BCUT2D eigenvalue weighted by Gasteiger charge is -2.33. The van der Waals surface area contributed by atoms with Crippen LogP contribution in [0.15, 0.2) is 48.5 Å². The minimum absolute atomic E-state index is 0.215. The lowest BCUT2D eigenvalue weighted by molar-refractivity contribution is -0.0500. The Hall–Kier alpha value is -2.06. The number of nitrogens with zero attached hydrogens (tertiary/aromatic N) is 1. The number of hydrogen-bond donors (Lipinski definition) is 0. The van der Waals surface area contributed by atoms with E-state index < -0.39 is 15.6 Å². The molecule has 0 amide bonds. The molecule has 0 saturated heterocycles. The quantitative estimate of drug-likeness (QED) is 0.565. The number of benzene rings is 2. The molecular weight excluding hydrogens is 379 g/mol. The molecule has 0 N–H and O–H groups in total. The van der Waals surface area contributed by atoms with Crippen molar-refractivity contribution in [1.29, 1.82) is 0 Å². The van der Waals surface area contributed by atoms with E-state index in [9.17, 15) is 21.6 Å². The molecule has 2 aromatic rings. The molecule has 0 spiro atoms. The van der Waals surface area contributed by atoms with Crippen LogP contribution in [0.25, 0.3) is 0 Å². The van der Waals surface area contributed by atoms with Crippen LogP contribution in [0.5, 0.6) is 5.75 Å². The van der Waals surface area contributed by atoms with E-state index in [1.54, 1.807) is 0 Å². The Morgan fingerprint density at radius 3 is 2.48 bits per heavy atom. The minimum Gasteiger partial charge on any atom is -0.376 e. The van der Waals surface area contributed by atoms with Crippen molar-refractivity contribution in [3.8, 4) is 5.75 Å². The van der Waals surface area contributed by atoms with Crippen molar-refractivity contribution < 1.29 is 25.8 Å². The highest BCUT2D eigenvalue weighted by Crippen LogP contribution is 2.34. The monoisotopic (exact) mass is 399 g/mol. The van der Waals surface area contributed by atoms with Crippen molar-refractivity contribution in [3.63, 3.8) is 0 Å². The molecule has 0 aromatic heterocycles. The first kappa shape index (κ1) is 19.7. The summed E-state index contributed by atoms with van der Waals surface area (Å²) >= 11 is 0. The lowest BCUT2D eigenvalue weighted by atomic mass is 9.87. The lowest BCUT2D eigenvalue weighted by Crippen LogP contribution is -2.36. The van der Waals surface area contributed by atoms with E-state index in [2.05, 4.69) is 9.08 Å². The number of likely N-dealkylation sites (N-methyl/N-ethyl adjacent to an activating group) is 1. The van der Waals surface area contributed by atoms with E-state index in [-0.39, 0.29) is 11.8 Å². The molecule has 27 heavy (non-hydrogen) atoms. The van der Waals surface area contributed by atoms with Crippen molar-refractivity contribution >= 4 is 10.1 Å². The summed E-state index contributed by atoms with van der Waals surface area (Å²) in [5, 5.41) is 0. The van der Waals surface area contributed by atoms with Crippen LogP contribution in [0.1, 0.15) is 23.1 Å². The van der Waals surface area contributed by atoms with Crippen molar-refractivity contribution in [3.05, 3.63) is 65.2 Å². The Labute approximate surface area is 156 Å². The number of halogens is 3. The zero-order valence-electron chi connectivity index (χ0n) is 14.7. The maximum atomic E-state index is 12.6. The average molecular weight is 399 g/mol. The molecule has 0 saturated carbocycles. The summed E-state index contributed by atoms with van der Waals surface area (Å²) in [6, 6.07) is 14.8. The van der Waals surface area contributed by atoms with Gasteiger partial charge in [0.2, 0.25) is 0 Å². The fourth-order valence-electron chi connectivity index (χ4n) is 3.37. The van der Waals surface area contributed by atoms with Gasteiger partial charge in [0.15, 0.2) is 0 Å². The largest absolute Gasteiger partial charge is 0.534 e. The standard InChI is InChI=1S/C19H20F3NO3S/c1-23(13-14-6-3-2-4-7-14)16-10-11-17-15(12-16)8-5-9-18(17)26-27(24,25)19(20,21)22/h2-9,16H,10-13H2,1H3. The van der Waals surface area contributed by atoms with Crippen LogP contribution in [0.2, 0.25) is 0 Å². The van der Waals surface area contributed by atoms with E-state index >= 15 is 0 Å². The molecule has 0 radical (unpaired) electrons. The Kier molecular flexibility index (Phi) is 5.48. The van der Waals surface area contributed by atoms with Gasteiger partial charge in [0, 0.05) is 12.6 Å². The minimum atomic E-state index is -5.67. The van der Waals surface area contributed by atoms with Crippen molar-refractivity contribution in [2.45, 2.75) is 37.4 Å².